The molecule has 0 fully saturated rings. The van der Waals surface area contributed by atoms with E-state index in [-0.39, 0.29) is 46.5 Å². The largest absolute Gasteiger partial charge is 3.00 e. The summed E-state index contributed by atoms with van der Waals surface area (Å²) in [5.74, 6) is 0. The molecule has 0 saturated heterocycles. The third-order valence-corrected chi connectivity index (χ3v) is 4.23. The van der Waals surface area contributed by atoms with Crippen molar-refractivity contribution < 1.29 is 51.3 Å². The van der Waals surface area contributed by atoms with Gasteiger partial charge in [0.1, 0.15) is 0 Å². The van der Waals surface area contributed by atoms with Gasteiger partial charge in [-0.3, -0.25) is 6.08 Å². The number of hydrogen-bond acceptors (Lipinski definition) is 1. The van der Waals surface area contributed by atoms with Crippen molar-refractivity contribution in [2.75, 3.05) is 6.61 Å². The SMILES string of the molecule is CCOC(CC1=[C-]CC=C1)[SiH](C)C.[Cl-].[Cl-].[Ti+3]. The van der Waals surface area contributed by atoms with Gasteiger partial charge in [0.05, 0.1) is 8.80 Å². The Morgan fingerprint density at radius 1 is 1.44 bits per heavy atom. The third-order valence-electron chi connectivity index (χ3n) is 2.31. The van der Waals surface area contributed by atoms with E-state index in [4.69, 9.17) is 4.74 Å². The van der Waals surface area contributed by atoms with Gasteiger partial charge >= 0.3 is 21.7 Å². The summed E-state index contributed by atoms with van der Waals surface area (Å²) in [4.78, 5) is 0. The third kappa shape index (κ3) is 8.10. The molecule has 0 amide bonds. The predicted octanol–water partition coefficient (Wildman–Crippen LogP) is -3.50. The summed E-state index contributed by atoms with van der Waals surface area (Å²) in [6, 6.07) is 0. The molecule has 0 aromatic carbocycles. The Bertz CT molecular complexity index is 220. The maximum Gasteiger partial charge on any atom is 3.00 e. The molecule has 0 aromatic rings. The fourth-order valence-electron chi connectivity index (χ4n) is 1.51. The maximum absolute atomic E-state index is 5.73. The molecule has 91 valence electrons. The first-order valence-corrected chi connectivity index (χ1v) is 8.09. The molecule has 0 heterocycles. The van der Waals surface area contributed by atoms with Crippen LogP contribution in [0.1, 0.15) is 19.8 Å². The van der Waals surface area contributed by atoms with Crippen LogP contribution in [0, 0.1) is 6.08 Å². The van der Waals surface area contributed by atoms with E-state index in [0.29, 0.717) is 5.73 Å². The molecule has 1 nitrogen and oxygen atoms in total. The minimum Gasteiger partial charge on any atom is -1.00 e. The van der Waals surface area contributed by atoms with Crippen LogP contribution in [0.3, 0.4) is 0 Å². The second-order valence-electron chi connectivity index (χ2n) is 3.75. The van der Waals surface area contributed by atoms with Crippen LogP contribution in [-0.4, -0.2) is 21.1 Å². The van der Waals surface area contributed by atoms with Gasteiger partial charge in [-0.25, -0.2) is 11.6 Å². The second kappa shape index (κ2) is 12.4. The van der Waals surface area contributed by atoms with Gasteiger partial charge in [0.2, 0.25) is 0 Å². The van der Waals surface area contributed by atoms with Crippen molar-refractivity contribution in [3.8, 4) is 0 Å². The number of rotatable bonds is 5. The van der Waals surface area contributed by atoms with E-state index in [2.05, 4.69) is 38.2 Å². The maximum atomic E-state index is 5.73. The molecule has 0 spiro atoms. The standard InChI is InChI=1S/C11H19OSi.2ClH.Ti/c1-4-12-11(13(2)3)9-10-7-5-6-8-10;;;/h5,7,11,13H,4,6,9H2,1-3H3;2*1H;/q-1;;;+3/p-2. The summed E-state index contributed by atoms with van der Waals surface area (Å²) >= 11 is 0. The van der Waals surface area contributed by atoms with Crippen molar-refractivity contribution in [2.24, 2.45) is 0 Å². The number of hydrogen-bond donors (Lipinski definition) is 0. The van der Waals surface area contributed by atoms with Crippen molar-refractivity contribution in [2.45, 2.75) is 38.6 Å². The molecule has 0 N–H and O–H groups in total. The summed E-state index contributed by atoms with van der Waals surface area (Å²) in [7, 11) is -0.676. The van der Waals surface area contributed by atoms with Crippen LogP contribution in [0.25, 0.3) is 0 Å². The number of ether oxygens (including phenoxy) is 1. The van der Waals surface area contributed by atoms with Crippen molar-refractivity contribution in [3.63, 3.8) is 0 Å². The molecule has 1 rings (SSSR count). The van der Waals surface area contributed by atoms with Crippen LogP contribution < -0.4 is 24.8 Å². The number of allylic oxidation sites excluding steroid dienone is 3. The smallest absolute Gasteiger partial charge is 1.00 e. The fourth-order valence-corrected chi connectivity index (χ4v) is 2.81. The van der Waals surface area contributed by atoms with Gasteiger partial charge in [-0.2, -0.15) is 6.08 Å². The Balaban J connectivity index is -0.000000563. The average Bonchev–Trinajstić information content (AvgIpc) is 2.56. The quantitative estimate of drug-likeness (QED) is 0.378. The first kappa shape index (κ1) is 22.2. The Labute approximate surface area is 128 Å². The van der Waals surface area contributed by atoms with Crippen LogP contribution >= 0.6 is 0 Å². The van der Waals surface area contributed by atoms with Crippen LogP contribution in [0.4, 0.5) is 0 Å². The fraction of sp³-hybridized carbons (Fsp3) is 0.636. The minimum atomic E-state index is -0.676. The Kier molecular flexibility index (Phi) is 17.2. The molecule has 0 bridgehead atoms. The monoisotopic (exact) mass is 313 g/mol. The van der Waals surface area contributed by atoms with Crippen LogP contribution in [0.5, 0.6) is 0 Å². The summed E-state index contributed by atoms with van der Waals surface area (Å²) in [6.45, 7) is 7.61. The van der Waals surface area contributed by atoms with Crippen molar-refractivity contribution in [1.82, 2.24) is 0 Å². The molecule has 16 heavy (non-hydrogen) atoms. The van der Waals surface area contributed by atoms with Gasteiger partial charge in [0, 0.05) is 12.3 Å². The van der Waals surface area contributed by atoms with Crippen LogP contribution in [0.15, 0.2) is 17.7 Å². The van der Waals surface area contributed by atoms with Crippen molar-refractivity contribution in [1.29, 1.82) is 0 Å². The molecule has 1 aliphatic carbocycles. The van der Waals surface area contributed by atoms with E-state index in [1.807, 2.05) is 0 Å². The Hall–Kier alpha value is 0.951. The summed E-state index contributed by atoms with van der Waals surface area (Å²) in [6.07, 6.45) is 9.77. The van der Waals surface area contributed by atoms with Crippen LogP contribution in [0.2, 0.25) is 13.1 Å². The van der Waals surface area contributed by atoms with Gasteiger partial charge < -0.3 is 29.6 Å². The molecule has 1 radical (unpaired) electrons. The molecular weight excluding hydrogens is 295 g/mol. The molecular formula is C11H19Cl2OSiTi. The van der Waals surface area contributed by atoms with Crippen molar-refractivity contribution in [3.05, 3.63) is 23.8 Å². The molecule has 5 heteroatoms. The van der Waals surface area contributed by atoms with E-state index in [9.17, 15) is 0 Å². The summed E-state index contributed by atoms with van der Waals surface area (Å²) < 4.78 is 5.73. The predicted molar refractivity (Wildman–Crippen MR) is 59.4 cm³/mol. The molecule has 1 aliphatic rings. The van der Waals surface area contributed by atoms with E-state index in [1.54, 1.807) is 0 Å². The average molecular weight is 314 g/mol. The molecule has 1 unspecified atom stereocenters. The molecule has 0 aliphatic heterocycles. The van der Waals surface area contributed by atoms with Crippen molar-refractivity contribution >= 4 is 8.80 Å². The van der Waals surface area contributed by atoms with E-state index >= 15 is 0 Å². The topological polar surface area (TPSA) is 9.23 Å². The summed E-state index contributed by atoms with van der Waals surface area (Å²) in [5.41, 5.74) is 1.84. The molecule has 1 atom stereocenters. The Morgan fingerprint density at radius 2 is 2.06 bits per heavy atom. The second-order valence-corrected chi connectivity index (χ2v) is 6.98. The minimum absolute atomic E-state index is 0. The molecule has 0 aromatic heterocycles. The zero-order valence-electron chi connectivity index (χ0n) is 10.1. The zero-order chi connectivity index (χ0) is 9.68. The molecule has 0 saturated carbocycles. The van der Waals surface area contributed by atoms with E-state index in [0.717, 1.165) is 19.4 Å². The normalized spacial score (nSPS) is 14.6. The zero-order valence-corrected chi connectivity index (χ0v) is 14.3. The first-order chi connectivity index (χ1) is 6.24. The first-order valence-electron chi connectivity index (χ1n) is 5.12. The van der Waals surface area contributed by atoms with Gasteiger partial charge in [-0.05, 0) is 13.3 Å². The van der Waals surface area contributed by atoms with Gasteiger partial charge in [-0.1, -0.05) is 13.1 Å². The van der Waals surface area contributed by atoms with Crippen LogP contribution in [-0.2, 0) is 26.5 Å². The van der Waals surface area contributed by atoms with E-state index < -0.39 is 8.80 Å². The number of halogens is 2. The van der Waals surface area contributed by atoms with Gasteiger partial charge in [0.25, 0.3) is 0 Å². The Morgan fingerprint density at radius 3 is 2.44 bits per heavy atom. The summed E-state index contributed by atoms with van der Waals surface area (Å²) in [5, 5.41) is 0. The van der Waals surface area contributed by atoms with Gasteiger partial charge in [0.15, 0.2) is 0 Å². The van der Waals surface area contributed by atoms with Gasteiger partial charge in [-0.15, -0.1) is 6.42 Å². The van der Waals surface area contributed by atoms with E-state index in [1.165, 1.54) is 5.57 Å².